The highest BCUT2D eigenvalue weighted by Gasteiger charge is 2.07. The van der Waals surface area contributed by atoms with Gasteiger partial charge in [0.1, 0.15) is 5.75 Å². The summed E-state index contributed by atoms with van der Waals surface area (Å²) in [7, 11) is 0. The highest BCUT2D eigenvalue weighted by Crippen LogP contribution is 2.21. The number of ether oxygens (including phenoxy) is 1. The molecule has 22 heavy (non-hydrogen) atoms. The minimum Gasteiger partial charge on any atom is -0.494 e. The van der Waals surface area contributed by atoms with Gasteiger partial charge in [0.25, 0.3) is 0 Å². The number of aromatic amines is 1. The third-order valence-electron chi connectivity index (χ3n) is 3.30. The van der Waals surface area contributed by atoms with E-state index in [1.807, 2.05) is 31.2 Å². The second-order valence-corrected chi connectivity index (χ2v) is 5.21. The van der Waals surface area contributed by atoms with E-state index in [9.17, 15) is 4.79 Å². The van der Waals surface area contributed by atoms with Gasteiger partial charge < -0.3 is 9.72 Å². The number of halogens is 1. The number of nitrogens with one attached hydrogen (secondary N) is 1. The summed E-state index contributed by atoms with van der Waals surface area (Å²) in [6.07, 6.45) is 1.78. The lowest BCUT2D eigenvalue weighted by Gasteiger charge is -2.03. The Morgan fingerprint density at radius 3 is 2.41 bits per heavy atom. The van der Waals surface area contributed by atoms with E-state index in [0.29, 0.717) is 11.6 Å². The highest BCUT2D eigenvalue weighted by atomic mass is 35.5. The smallest absolute Gasteiger partial charge is 0.330 e. The third-order valence-corrected chi connectivity index (χ3v) is 3.55. The summed E-state index contributed by atoms with van der Waals surface area (Å²) < 4.78 is 6.97. The molecule has 112 valence electrons. The van der Waals surface area contributed by atoms with Crippen LogP contribution in [0.3, 0.4) is 0 Å². The third kappa shape index (κ3) is 2.92. The molecule has 0 saturated carbocycles. The molecular formula is C17H15ClN2O2. The molecule has 0 amide bonds. The van der Waals surface area contributed by atoms with Gasteiger partial charge in [-0.05, 0) is 61.0 Å². The molecule has 0 bridgehead atoms. The van der Waals surface area contributed by atoms with E-state index < -0.39 is 0 Å². The zero-order chi connectivity index (χ0) is 15.5. The highest BCUT2D eigenvalue weighted by molar-refractivity contribution is 6.30. The molecule has 1 aromatic heterocycles. The average Bonchev–Trinajstić information content (AvgIpc) is 2.91. The number of benzene rings is 2. The Morgan fingerprint density at radius 2 is 1.77 bits per heavy atom. The van der Waals surface area contributed by atoms with Gasteiger partial charge in [0, 0.05) is 11.2 Å². The lowest BCUT2D eigenvalue weighted by Crippen LogP contribution is -2.13. The van der Waals surface area contributed by atoms with Crippen molar-refractivity contribution in [3.05, 3.63) is 70.2 Å². The number of imidazole rings is 1. The van der Waals surface area contributed by atoms with Crippen molar-refractivity contribution in [2.45, 2.75) is 6.92 Å². The Hall–Kier alpha value is -2.46. The van der Waals surface area contributed by atoms with Crippen molar-refractivity contribution < 1.29 is 4.74 Å². The molecule has 0 aliphatic carbocycles. The van der Waals surface area contributed by atoms with Crippen molar-refractivity contribution in [1.29, 1.82) is 0 Å². The second-order valence-electron chi connectivity index (χ2n) is 4.78. The van der Waals surface area contributed by atoms with E-state index in [1.54, 1.807) is 35.0 Å². The predicted octanol–water partition coefficient (Wildman–Crippen LogP) is 3.88. The van der Waals surface area contributed by atoms with Crippen LogP contribution in [0.5, 0.6) is 5.75 Å². The lowest BCUT2D eigenvalue weighted by atomic mass is 10.1. The maximum Gasteiger partial charge on any atom is 0.330 e. The zero-order valence-electron chi connectivity index (χ0n) is 12.0. The number of rotatable bonds is 4. The van der Waals surface area contributed by atoms with Gasteiger partial charge in [-0.1, -0.05) is 11.6 Å². The second kappa shape index (κ2) is 6.12. The molecular weight excluding hydrogens is 300 g/mol. The zero-order valence-corrected chi connectivity index (χ0v) is 12.8. The first-order valence-electron chi connectivity index (χ1n) is 6.98. The van der Waals surface area contributed by atoms with Crippen molar-refractivity contribution in [3.8, 4) is 22.7 Å². The molecule has 1 heterocycles. The van der Waals surface area contributed by atoms with Crippen LogP contribution in [0, 0.1) is 0 Å². The van der Waals surface area contributed by atoms with Gasteiger partial charge in [-0.15, -0.1) is 0 Å². The van der Waals surface area contributed by atoms with E-state index >= 15 is 0 Å². The Kier molecular flexibility index (Phi) is 4.02. The molecule has 4 nitrogen and oxygen atoms in total. The molecule has 0 aliphatic rings. The van der Waals surface area contributed by atoms with Gasteiger partial charge in [-0.2, -0.15) is 0 Å². The van der Waals surface area contributed by atoms with Crippen LogP contribution in [-0.2, 0) is 0 Å². The van der Waals surface area contributed by atoms with Crippen LogP contribution in [0.2, 0.25) is 5.02 Å². The average molecular weight is 315 g/mol. The van der Waals surface area contributed by atoms with Crippen molar-refractivity contribution in [2.75, 3.05) is 6.61 Å². The molecule has 0 atom stereocenters. The molecule has 3 aromatic rings. The minimum absolute atomic E-state index is 0.189. The van der Waals surface area contributed by atoms with Crippen LogP contribution < -0.4 is 10.4 Å². The fraction of sp³-hybridized carbons (Fsp3) is 0.118. The summed E-state index contributed by atoms with van der Waals surface area (Å²) in [5, 5.41) is 0.638. The van der Waals surface area contributed by atoms with Gasteiger partial charge in [-0.3, -0.25) is 4.57 Å². The summed E-state index contributed by atoms with van der Waals surface area (Å²) in [5.74, 6) is 0.811. The van der Waals surface area contributed by atoms with Crippen molar-refractivity contribution in [2.24, 2.45) is 0 Å². The molecule has 0 aliphatic heterocycles. The lowest BCUT2D eigenvalue weighted by molar-refractivity contribution is 0.340. The normalized spacial score (nSPS) is 10.6. The molecule has 0 saturated heterocycles. The van der Waals surface area contributed by atoms with Gasteiger partial charge >= 0.3 is 5.69 Å². The standard InChI is InChI=1S/C17H15ClN2O2/c1-2-22-15-9-3-12(4-10-15)16-11-20(17(21)19-16)14-7-5-13(18)6-8-14/h3-11H,2H2,1H3,(H,19,21). The van der Waals surface area contributed by atoms with Crippen molar-refractivity contribution in [3.63, 3.8) is 0 Å². The number of nitrogens with zero attached hydrogens (tertiary/aromatic N) is 1. The minimum atomic E-state index is -0.189. The molecule has 0 radical (unpaired) electrons. The molecule has 0 spiro atoms. The van der Waals surface area contributed by atoms with Gasteiger partial charge in [0.05, 0.1) is 18.0 Å². The SMILES string of the molecule is CCOc1ccc(-c2cn(-c3ccc(Cl)cc3)c(=O)[nH]2)cc1. The summed E-state index contributed by atoms with van der Waals surface area (Å²) in [6.45, 7) is 2.57. The molecule has 5 heteroatoms. The quantitative estimate of drug-likeness (QED) is 0.794. The summed E-state index contributed by atoms with van der Waals surface area (Å²) in [4.78, 5) is 15.0. The van der Waals surface area contributed by atoms with Crippen molar-refractivity contribution >= 4 is 11.6 Å². The van der Waals surface area contributed by atoms with Crippen LogP contribution in [0.15, 0.2) is 59.5 Å². The van der Waals surface area contributed by atoms with Crippen LogP contribution >= 0.6 is 11.6 Å². The molecule has 0 unspecified atom stereocenters. The number of H-pyrrole nitrogens is 1. The van der Waals surface area contributed by atoms with Gasteiger partial charge in [-0.25, -0.2) is 4.79 Å². The monoisotopic (exact) mass is 314 g/mol. The summed E-state index contributed by atoms with van der Waals surface area (Å²) >= 11 is 5.87. The topological polar surface area (TPSA) is 47.0 Å². The maximum absolute atomic E-state index is 12.1. The fourth-order valence-electron chi connectivity index (χ4n) is 2.23. The molecule has 0 fully saturated rings. The number of hydrogen-bond donors (Lipinski definition) is 1. The first-order valence-corrected chi connectivity index (χ1v) is 7.36. The van der Waals surface area contributed by atoms with Gasteiger partial charge in [0.15, 0.2) is 0 Å². The van der Waals surface area contributed by atoms with E-state index in [1.165, 1.54) is 0 Å². The van der Waals surface area contributed by atoms with E-state index in [2.05, 4.69) is 4.98 Å². The summed E-state index contributed by atoms with van der Waals surface area (Å²) in [6, 6.07) is 14.7. The van der Waals surface area contributed by atoms with Crippen LogP contribution in [0.1, 0.15) is 6.92 Å². The Bertz CT molecular complexity index is 817. The maximum atomic E-state index is 12.1. The first kappa shape index (κ1) is 14.5. The van der Waals surface area contributed by atoms with Gasteiger partial charge in [0.2, 0.25) is 0 Å². The van der Waals surface area contributed by atoms with Crippen LogP contribution in [0.4, 0.5) is 0 Å². The fourth-order valence-corrected chi connectivity index (χ4v) is 2.36. The number of aromatic nitrogens is 2. The van der Waals surface area contributed by atoms with E-state index in [0.717, 1.165) is 22.7 Å². The molecule has 1 N–H and O–H groups in total. The molecule has 2 aromatic carbocycles. The van der Waals surface area contributed by atoms with Crippen LogP contribution in [-0.4, -0.2) is 16.2 Å². The van der Waals surface area contributed by atoms with E-state index in [-0.39, 0.29) is 5.69 Å². The Morgan fingerprint density at radius 1 is 1.09 bits per heavy atom. The predicted molar refractivity (Wildman–Crippen MR) is 88.0 cm³/mol. The Labute approximate surface area is 132 Å². The van der Waals surface area contributed by atoms with Crippen LogP contribution in [0.25, 0.3) is 16.9 Å². The number of hydrogen-bond acceptors (Lipinski definition) is 2. The molecule has 3 rings (SSSR count). The van der Waals surface area contributed by atoms with Crippen molar-refractivity contribution in [1.82, 2.24) is 9.55 Å². The van der Waals surface area contributed by atoms with E-state index in [4.69, 9.17) is 16.3 Å². The largest absolute Gasteiger partial charge is 0.494 e. The first-order chi connectivity index (χ1) is 10.7. The Balaban J connectivity index is 1.94. The summed E-state index contributed by atoms with van der Waals surface area (Å²) in [5.41, 5.74) is 2.25.